The Hall–Kier alpha value is -2.82. The number of anilines is 1. The molecule has 3 aromatic heterocycles. The molecule has 2 aliphatic heterocycles. The average Bonchev–Trinajstić information content (AvgIpc) is 3.42. The monoisotopic (exact) mass is 482 g/mol. The lowest BCUT2D eigenvalue weighted by Crippen LogP contribution is -2.43. The molecule has 10 heteroatoms. The zero-order valence-electron chi connectivity index (χ0n) is 19.5. The number of fused-ring (bicyclic) bond motifs is 1. The lowest BCUT2D eigenvalue weighted by molar-refractivity contribution is -0.0365. The van der Waals surface area contributed by atoms with Crippen LogP contribution in [0.2, 0.25) is 0 Å². The number of aromatic nitrogens is 3. The van der Waals surface area contributed by atoms with Crippen molar-refractivity contribution in [3.05, 3.63) is 40.7 Å². The van der Waals surface area contributed by atoms with Gasteiger partial charge in [-0.2, -0.15) is 5.10 Å². The van der Waals surface area contributed by atoms with Crippen LogP contribution in [0, 0.1) is 6.92 Å². The summed E-state index contributed by atoms with van der Waals surface area (Å²) in [5.41, 5.74) is 1.79. The Labute approximate surface area is 202 Å². The average molecular weight is 483 g/mol. The molecule has 1 atom stereocenters. The van der Waals surface area contributed by atoms with E-state index in [0.29, 0.717) is 16.3 Å². The van der Waals surface area contributed by atoms with E-state index in [1.54, 1.807) is 12.1 Å². The van der Waals surface area contributed by atoms with Crippen LogP contribution in [0.4, 0.5) is 5.69 Å². The Morgan fingerprint density at radius 3 is 2.68 bits per heavy atom. The van der Waals surface area contributed by atoms with E-state index in [4.69, 9.17) is 4.74 Å². The van der Waals surface area contributed by atoms with Crippen molar-refractivity contribution in [1.82, 2.24) is 25.0 Å². The summed E-state index contributed by atoms with van der Waals surface area (Å²) < 4.78 is 7.82. The van der Waals surface area contributed by atoms with Crippen molar-refractivity contribution < 1.29 is 14.3 Å². The van der Waals surface area contributed by atoms with E-state index in [-0.39, 0.29) is 24.1 Å². The molecule has 5 rings (SSSR count). The molecular weight excluding hydrogens is 452 g/mol. The quantitative estimate of drug-likeness (QED) is 0.577. The molecule has 34 heavy (non-hydrogen) atoms. The lowest BCUT2D eigenvalue weighted by Gasteiger charge is -2.29. The van der Waals surface area contributed by atoms with Crippen molar-refractivity contribution in [3.8, 4) is 0 Å². The highest BCUT2D eigenvalue weighted by Gasteiger charge is 2.23. The number of nitrogens with zero attached hydrogens (tertiary/aromatic N) is 4. The van der Waals surface area contributed by atoms with E-state index in [0.717, 1.165) is 67.7 Å². The van der Waals surface area contributed by atoms with Gasteiger partial charge in [0.25, 0.3) is 11.8 Å². The summed E-state index contributed by atoms with van der Waals surface area (Å²) in [4.78, 5) is 33.5. The van der Waals surface area contributed by atoms with E-state index in [2.05, 4.69) is 32.7 Å². The van der Waals surface area contributed by atoms with Crippen LogP contribution in [0.3, 0.4) is 0 Å². The predicted octanol–water partition coefficient (Wildman–Crippen LogP) is 3.58. The Morgan fingerprint density at radius 2 is 1.97 bits per heavy atom. The number of thiophene rings is 1. The van der Waals surface area contributed by atoms with Gasteiger partial charge in [-0.1, -0.05) is 0 Å². The number of aryl methyl sites for hydroxylation is 1. The summed E-state index contributed by atoms with van der Waals surface area (Å²) in [6, 6.07) is 5.42. The summed E-state index contributed by atoms with van der Waals surface area (Å²) in [5, 5.41) is 11.6. The number of carbonyl (C=O) groups is 2. The van der Waals surface area contributed by atoms with Gasteiger partial charge < -0.3 is 20.3 Å². The Morgan fingerprint density at radius 1 is 1.15 bits per heavy atom. The standard InChI is InChI=1S/C24H30N6O3S/c1-15-18-13-20(34-24(18)30(28-15)21-5-3-4-12-33-21)23(32)27-17-6-7-19(25-14-17)22(31)26-16-8-10-29(2)11-9-16/h6-7,13-14,16,21H,3-5,8-12H2,1-2H3,(H,26,31)(H,27,32). The molecule has 0 radical (unpaired) electrons. The van der Waals surface area contributed by atoms with E-state index in [1.807, 2.05) is 17.7 Å². The fourth-order valence-corrected chi connectivity index (χ4v) is 5.60. The van der Waals surface area contributed by atoms with Crippen molar-refractivity contribution in [3.63, 3.8) is 0 Å². The molecule has 5 heterocycles. The van der Waals surface area contributed by atoms with Crippen LogP contribution >= 0.6 is 11.3 Å². The number of piperidine rings is 1. The zero-order valence-corrected chi connectivity index (χ0v) is 20.4. The SMILES string of the molecule is Cc1nn(C2CCCCO2)c2sc(C(=O)Nc3ccc(C(=O)NC4CCN(C)CC4)nc3)cc12. The molecule has 0 spiro atoms. The van der Waals surface area contributed by atoms with Crippen LogP contribution in [-0.4, -0.2) is 64.3 Å². The van der Waals surface area contributed by atoms with Gasteiger partial charge >= 0.3 is 0 Å². The van der Waals surface area contributed by atoms with Crippen LogP contribution in [-0.2, 0) is 4.74 Å². The molecule has 0 aromatic carbocycles. The number of amides is 2. The summed E-state index contributed by atoms with van der Waals surface area (Å²) in [6.45, 7) is 4.65. The minimum absolute atomic E-state index is 0.0723. The van der Waals surface area contributed by atoms with Crippen LogP contribution in [0.15, 0.2) is 24.4 Å². The molecule has 3 aromatic rings. The molecule has 0 bridgehead atoms. The second-order valence-electron chi connectivity index (χ2n) is 9.12. The van der Waals surface area contributed by atoms with Gasteiger partial charge in [0.15, 0.2) is 6.23 Å². The number of pyridine rings is 1. The highest BCUT2D eigenvalue weighted by molar-refractivity contribution is 7.20. The van der Waals surface area contributed by atoms with Gasteiger partial charge in [0.1, 0.15) is 10.5 Å². The van der Waals surface area contributed by atoms with Crippen LogP contribution in [0.25, 0.3) is 10.2 Å². The van der Waals surface area contributed by atoms with Gasteiger partial charge in [-0.15, -0.1) is 11.3 Å². The molecule has 2 amide bonds. The molecule has 1 unspecified atom stereocenters. The first-order valence-corrected chi connectivity index (χ1v) is 12.7. The maximum Gasteiger partial charge on any atom is 0.270 e. The van der Waals surface area contributed by atoms with Gasteiger partial charge in [0, 0.05) is 18.0 Å². The molecule has 9 nitrogen and oxygen atoms in total. The Kier molecular flexibility index (Phi) is 6.62. The number of ether oxygens (including phenoxy) is 1. The van der Waals surface area contributed by atoms with Crippen molar-refractivity contribution in [1.29, 1.82) is 0 Å². The summed E-state index contributed by atoms with van der Waals surface area (Å²) in [5.74, 6) is -0.385. The highest BCUT2D eigenvalue weighted by atomic mass is 32.1. The minimum atomic E-state index is -0.206. The Balaban J connectivity index is 1.24. The first kappa shape index (κ1) is 22.9. The van der Waals surface area contributed by atoms with E-state index in [1.165, 1.54) is 17.5 Å². The number of hydrogen-bond donors (Lipinski definition) is 2. The minimum Gasteiger partial charge on any atom is -0.356 e. The third-order valence-electron chi connectivity index (χ3n) is 6.53. The number of carbonyl (C=O) groups excluding carboxylic acids is 2. The van der Waals surface area contributed by atoms with E-state index in [9.17, 15) is 9.59 Å². The van der Waals surface area contributed by atoms with Crippen molar-refractivity contribution >= 4 is 39.1 Å². The second-order valence-corrected chi connectivity index (χ2v) is 10.1. The summed E-state index contributed by atoms with van der Waals surface area (Å²) >= 11 is 1.41. The fourth-order valence-electron chi connectivity index (χ4n) is 4.50. The number of hydrogen-bond acceptors (Lipinski definition) is 7. The van der Waals surface area contributed by atoms with Crippen LogP contribution < -0.4 is 10.6 Å². The van der Waals surface area contributed by atoms with E-state index >= 15 is 0 Å². The van der Waals surface area contributed by atoms with Gasteiger partial charge in [-0.3, -0.25) is 9.59 Å². The van der Waals surface area contributed by atoms with E-state index < -0.39 is 0 Å². The van der Waals surface area contributed by atoms with Crippen molar-refractivity contribution in [2.75, 3.05) is 32.1 Å². The van der Waals surface area contributed by atoms with Gasteiger partial charge in [-0.25, -0.2) is 9.67 Å². The topological polar surface area (TPSA) is 101 Å². The largest absolute Gasteiger partial charge is 0.356 e. The normalized spacial score (nSPS) is 19.9. The predicted molar refractivity (Wildman–Crippen MR) is 131 cm³/mol. The second kappa shape index (κ2) is 9.81. The molecule has 2 aliphatic rings. The third-order valence-corrected chi connectivity index (χ3v) is 7.65. The zero-order chi connectivity index (χ0) is 23.7. The molecule has 2 saturated heterocycles. The maximum atomic E-state index is 12.9. The van der Waals surface area contributed by atoms with Crippen molar-refractivity contribution in [2.24, 2.45) is 0 Å². The van der Waals surface area contributed by atoms with Crippen LogP contribution in [0.1, 0.15) is 64.2 Å². The first-order valence-electron chi connectivity index (χ1n) is 11.8. The van der Waals surface area contributed by atoms with Gasteiger partial charge in [0.05, 0.1) is 22.5 Å². The van der Waals surface area contributed by atoms with Gasteiger partial charge in [0.2, 0.25) is 0 Å². The summed E-state index contributed by atoms with van der Waals surface area (Å²) in [7, 11) is 2.09. The molecule has 2 fully saturated rings. The molecular formula is C24H30N6O3S. The first-order chi connectivity index (χ1) is 16.5. The van der Waals surface area contributed by atoms with Crippen LogP contribution in [0.5, 0.6) is 0 Å². The third kappa shape index (κ3) is 4.84. The smallest absolute Gasteiger partial charge is 0.270 e. The summed E-state index contributed by atoms with van der Waals surface area (Å²) in [6.07, 6.45) is 6.45. The van der Waals surface area contributed by atoms with Crippen molar-refractivity contribution in [2.45, 2.75) is 51.3 Å². The number of likely N-dealkylation sites (tertiary alicyclic amines) is 1. The molecule has 0 aliphatic carbocycles. The molecule has 2 N–H and O–H groups in total. The number of rotatable bonds is 5. The molecule has 180 valence electrons. The van der Waals surface area contributed by atoms with Gasteiger partial charge in [-0.05, 0) is 77.4 Å². The lowest BCUT2D eigenvalue weighted by atomic mass is 10.1. The Bertz CT molecular complexity index is 1170. The fraction of sp³-hybridized carbons (Fsp3) is 0.500. The highest BCUT2D eigenvalue weighted by Crippen LogP contribution is 2.33. The maximum absolute atomic E-state index is 12.9. The number of nitrogens with one attached hydrogen (secondary N) is 2. The molecule has 0 saturated carbocycles.